The molecule has 0 radical (unpaired) electrons. The highest BCUT2D eigenvalue weighted by Gasteiger charge is 2.41. The zero-order chi connectivity index (χ0) is 11.8. The number of rotatable bonds is 2. The highest BCUT2D eigenvalue weighted by Crippen LogP contribution is 2.41. The third-order valence-corrected chi connectivity index (χ3v) is 4.40. The van der Waals surface area contributed by atoms with E-state index in [1.165, 1.54) is 6.07 Å². The standard InChI is InChI=1S/C11H14O4S/c1-7-11(14,5-2-6-16-7)9-4-3-8(15-9)10(12)13/h3-4,7,14H,2,5-6H2,1H3,(H,12,13). The molecular weight excluding hydrogens is 228 g/mol. The fraction of sp³-hybridized carbons (Fsp3) is 0.545. The number of thioether (sulfide) groups is 1. The van der Waals surface area contributed by atoms with Crippen LogP contribution in [0.15, 0.2) is 16.5 Å². The summed E-state index contributed by atoms with van der Waals surface area (Å²) in [6, 6.07) is 2.95. The number of aliphatic hydroxyl groups is 1. The molecule has 0 bridgehead atoms. The zero-order valence-electron chi connectivity index (χ0n) is 8.97. The lowest BCUT2D eigenvalue weighted by Gasteiger charge is -2.35. The molecule has 4 nitrogen and oxygen atoms in total. The van der Waals surface area contributed by atoms with E-state index >= 15 is 0 Å². The second-order valence-electron chi connectivity index (χ2n) is 4.01. The molecule has 0 saturated carbocycles. The maximum Gasteiger partial charge on any atom is 0.371 e. The van der Waals surface area contributed by atoms with E-state index < -0.39 is 11.6 Å². The lowest BCUT2D eigenvalue weighted by Crippen LogP contribution is -2.38. The summed E-state index contributed by atoms with van der Waals surface area (Å²) in [5, 5.41) is 19.3. The van der Waals surface area contributed by atoms with Gasteiger partial charge >= 0.3 is 5.97 Å². The topological polar surface area (TPSA) is 70.7 Å². The van der Waals surface area contributed by atoms with Crippen LogP contribution in [0.4, 0.5) is 0 Å². The third-order valence-electron chi connectivity index (χ3n) is 2.99. The van der Waals surface area contributed by atoms with E-state index in [0.29, 0.717) is 12.2 Å². The number of carbonyl (C=O) groups is 1. The Kier molecular flexibility index (Phi) is 2.99. The fourth-order valence-corrected chi connectivity index (χ4v) is 3.13. The van der Waals surface area contributed by atoms with Crippen LogP contribution in [0, 0.1) is 0 Å². The van der Waals surface area contributed by atoms with Crippen molar-refractivity contribution in [2.45, 2.75) is 30.6 Å². The van der Waals surface area contributed by atoms with Crippen molar-refractivity contribution in [3.8, 4) is 0 Å². The maximum absolute atomic E-state index is 10.7. The van der Waals surface area contributed by atoms with Crippen LogP contribution in [0.2, 0.25) is 0 Å². The van der Waals surface area contributed by atoms with Gasteiger partial charge in [-0.05, 0) is 30.7 Å². The highest BCUT2D eigenvalue weighted by molar-refractivity contribution is 8.00. The van der Waals surface area contributed by atoms with Crippen molar-refractivity contribution in [2.24, 2.45) is 0 Å². The summed E-state index contributed by atoms with van der Waals surface area (Å²) in [5.41, 5.74) is -1.03. The van der Waals surface area contributed by atoms with Crippen molar-refractivity contribution in [2.75, 3.05) is 5.75 Å². The second kappa shape index (κ2) is 4.14. The maximum atomic E-state index is 10.7. The smallest absolute Gasteiger partial charge is 0.371 e. The number of carboxylic acids is 1. The summed E-state index contributed by atoms with van der Waals surface area (Å²) in [6.45, 7) is 1.94. The molecule has 1 fully saturated rings. The first kappa shape index (κ1) is 11.5. The summed E-state index contributed by atoms with van der Waals surface area (Å²) in [5.74, 6) is 0.164. The Balaban J connectivity index is 2.30. The van der Waals surface area contributed by atoms with Crippen LogP contribution >= 0.6 is 11.8 Å². The lowest BCUT2D eigenvalue weighted by molar-refractivity contribution is 0.00301. The highest BCUT2D eigenvalue weighted by atomic mass is 32.2. The molecule has 2 rings (SSSR count). The largest absolute Gasteiger partial charge is 0.475 e. The molecule has 2 unspecified atom stereocenters. The molecule has 2 N–H and O–H groups in total. The predicted octanol–water partition coefficient (Wildman–Crippen LogP) is 2.08. The average Bonchev–Trinajstić information content (AvgIpc) is 2.72. The van der Waals surface area contributed by atoms with Gasteiger partial charge in [-0.2, -0.15) is 11.8 Å². The van der Waals surface area contributed by atoms with Crippen LogP contribution < -0.4 is 0 Å². The first-order chi connectivity index (χ1) is 7.54. The predicted molar refractivity (Wildman–Crippen MR) is 60.7 cm³/mol. The van der Waals surface area contributed by atoms with E-state index in [1.807, 2.05) is 6.92 Å². The quantitative estimate of drug-likeness (QED) is 0.830. The van der Waals surface area contributed by atoms with Crippen molar-refractivity contribution in [1.29, 1.82) is 0 Å². The van der Waals surface area contributed by atoms with E-state index in [2.05, 4.69) is 0 Å². The van der Waals surface area contributed by atoms with Crippen LogP contribution in [0.25, 0.3) is 0 Å². The van der Waals surface area contributed by atoms with Gasteiger partial charge in [-0.3, -0.25) is 0 Å². The summed E-state index contributed by atoms with van der Waals surface area (Å²) >= 11 is 1.68. The van der Waals surface area contributed by atoms with Gasteiger partial charge in [0.25, 0.3) is 0 Å². The van der Waals surface area contributed by atoms with Gasteiger partial charge in [-0.25, -0.2) is 4.79 Å². The van der Waals surface area contributed by atoms with Gasteiger partial charge in [-0.15, -0.1) is 0 Å². The van der Waals surface area contributed by atoms with E-state index in [-0.39, 0.29) is 11.0 Å². The monoisotopic (exact) mass is 242 g/mol. The Morgan fingerprint density at radius 2 is 2.38 bits per heavy atom. The van der Waals surface area contributed by atoms with Crippen LogP contribution in [0.5, 0.6) is 0 Å². The Hall–Kier alpha value is -0.940. The minimum atomic E-state index is -1.11. The number of aromatic carboxylic acids is 1. The molecule has 1 aliphatic heterocycles. The lowest BCUT2D eigenvalue weighted by atomic mass is 9.91. The summed E-state index contributed by atoms with van der Waals surface area (Å²) in [7, 11) is 0. The third kappa shape index (κ3) is 1.85. The molecule has 1 aromatic heterocycles. The van der Waals surface area contributed by atoms with E-state index in [0.717, 1.165) is 12.2 Å². The van der Waals surface area contributed by atoms with Gasteiger partial charge in [0.05, 0.1) is 0 Å². The summed E-state index contributed by atoms with van der Waals surface area (Å²) in [4.78, 5) is 10.7. The SMILES string of the molecule is CC1SCCCC1(O)c1ccc(C(=O)O)o1. The van der Waals surface area contributed by atoms with E-state index in [4.69, 9.17) is 9.52 Å². The molecular formula is C11H14O4S. The molecule has 1 aromatic rings. The van der Waals surface area contributed by atoms with Crippen molar-refractivity contribution in [3.63, 3.8) is 0 Å². The molecule has 1 aliphatic rings. The molecule has 0 aliphatic carbocycles. The molecule has 0 aromatic carbocycles. The Morgan fingerprint density at radius 1 is 1.62 bits per heavy atom. The number of furan rings is 1. The van der Waals surface area contributed by atoms with Crippen LogP contribution in [0.1, 0.15) is 36.1 Å². The first-order valence-electron chi connectivity index (χ1n) is 5.21. The number of hydrogen-bond donors (Lipinski definition) is 2. The molecule has 2 atom stereocenters. The average molecular weight is 242 g/mol. The Bertz CT molecular complexity index is 400. The van der Waals surface area contributed by atoms with Gasteiger partial charge in [0.1, 0.15) is 11.4 Å². The molecule has 0 spiro atoms. The van der Waals surface area contributed by atoms with E-state index in [9.17, 15) is 9.90 Å². The van der Waals surface area contributed by atoms with Gasteiger partial charge in [0.2, 0.25) is 5.76 Å². The van der Waals surface area contributed by atoms with Crippen LogP contribution in [0.3, 0.4) is 0 Å². The first-order valence-corrected chi connectivity index (χ1v) is 6.26. The molecule has 88 valence electrons. The number of hydrogen-bond acceptors (Lipinski definition) is 4. The minimum Gasteiger partial charge on any atom is -0.475 e. The summed E-state index contributed by atoms with van der Waals surface area (Å²) in [6.07, 6.45) is 1.53. The molecule has 2 heterocycles. The Morgan fingerprint density at radius 3 is 2.94 bits per heavy atom. The van der Waals surface area contributed by atoms with Crippen LogP contribution in [-0.4, -0.2) is 27.2 Å². The molecule has 5 heteroatoms. The van der Waals surface area contributed by atoms with Gasteiger partial charge in [0, 0.05) is 5.25 Å². The van der Waals surface area contributed by atoms with Gasteiger partial charge < -0.3 is 14.6 Å². The van der Waals surface area contributed by atoms with Crippen molar-refractivity contribution in [3.05, 3.63) is 23.7 Å². The van der Waals surface area contributed by atoms with Crippen molar-refractivity contribution in [1.82, 2.24) is 0 Å². The zero-order valence-corrected chi connectivity index (χ0v) is 9.79. The second-order valence-corrected chi connectivity index (χ2v) is 5.46. The fourth-order valence-electron chi connectivity index (χ4n) is 1.95. The van der Waals surface area contributed by atoms with Crippen molar-refractivity contribution >= 4 is 17.7 Å². The number of carboxylic acid groups (broad SMARTS) is 1. The van der Waals surface area contributed by atoms with Gasteiger partial charge in [0.15, 0.2) is 0 Å². The molecule has 0 amide bonds. The van der Waals surface area contributed by atoms with Crippen LogP contribution in [-0.2, 0) is 5.60 Å². The van der Waals surface area contributed by atoms with Gasteiger partial charge in [-0.1, -0.05) is 6.92 Å². The summed E-state index contributed by atoms with van der Waals surface area (Å²) < 4.78 is 5.20. The molecule has 1 saturated heterocycles. The normalized spacial score (nSPS) is 30.2. The minimum absolute atomic E-state index is 0.0223. The molecule has 16 heavy (non-hydrogen) atoms. The Labute approximate surface area is 97.6 Å². The van der Waals surface area contributed by atoms with E-state index in [1.54, 1.807) is 17.8 Å². The van der Waals surface area contributed by atoms with Crippen molar-refractivity contribution < 1.29 is 19.4 Å².